The Kier molecular flexibility index (Phi) is 5.37. The van der Waals surface area contributed by atoms with Crippen molar-refractivity contribution in [1.29, 1.82) is 0 Å². The Morgan fingerprint density at radius 1 is 1.61 bits per heavy atom. The van der Waals surface area contributed by atoms with Crippen molar-refractivity contribution in [2.75, 3.05) is 6.61 Å². The van der Waals surface area contributed by atoms with Gasteiger partial charge in [-0.2, -0.15) is 0 Å². The van der Waals surface area contributed by atoms with Crippen LogP contribution in [0.1, 0.15) is 5.56 Å². The molecule has 0 aliphatic heterocycles. The summed E-state index contributed by atoms with van der Waals surface area (Å²) in [5.41, 5.74) is 0.717. The van der Waals surface area contributed by atoms with Crippen LogP contribution >= 0.6 is 0 Å². The molecule has 0 aliphatic rings. The fraction of sp³-hybridized carbons (Fsp3) is 0.250. The zero-order valence-electron chi connectivity index (χ0n) is 9.70. The molecular formula is C12H14N2O4. The lowest BCUT2D eigenvalue weighted by Crippen LogP contribution is -2.42. The maximum atomic E-state index is 11.2. The SMILES string of the molecule is C=CCOC(=O)N[C@H](Cc1cccnc1)C(=O)O. The quantitative estimate of drug-likeness (QED) is 0.735. The molecule has 1 heterocycles. The van der Waals surface area contributed by atoms with Gasteiger partial charge in [-0.1, -0.05) is 18.7 Å². The summed E-state index contributed by atoms with van der Waals surface area (Å²) in [5, 5.41) is 11.3. The fourth-order valence-corrected chi connectivity index (χ4v) is 1.27. The summed E-state index contributed by atoms with van der Waals surface area (Å²) in [4.78, 5) is 26.1. The Morgan fingerprint density at radius 3 is 2.94 bits per heavy atom. The second-order valence-corrected chi connectivity index (χ2v) is 3.49. The van der Waals surface area contributed by atoms with E-state index in [4.69, 9.17) is 5.11 Å². The number of nitrogens with zero attached hydrogens (tertiary/aromatic N) is 1. The van der Waals surface area contributed by atoms with Gasteiger partial charge in [-0.25, -0.2) is 9.59 Å². The molecule has 1 aromatic heterocycles. The summed E-state index contributed by atoms with van der Waals surface area (Å²) in [6.45, 7) is 3.42. The predicted octanol–water partition coefficient (Wildman–Crippen LogP) is 0.990. The molecular weight excluding hydrogens is 236 g/mol. The van der Waals surface area contributed by atoms with Crippen molar-refractivity contribution in [1.82, 2.24) is 10.3 Å². The van der Waals surface area contributed by atoms with Gasteiger partial charge >= 0.3 is 12.1 Å². The van der Waals surface area contributed by atoms with Gasteiger partial charge in [-0.05, 0) is 11.6 Å². The summed E-state index contributed by atoms with van der Waals surface area (Å²) >= 11 is 0. The number of carboxylic acid groups (broad SMARTS) is 1. The maximum absolute atomic E-state index is 11.2. The number of rotatable bonds is 6. The Labute approximate surface area is 104 Å². The van der Waals surface area contributed by atoms with Gasteiger partial charge in [-0.3, -0.25) is 4.98 Å². The fourth-order valence-electron chi connectivity index (χ4n) is 1.27. The van der Waals surface area contributed by atoms with Crippen LogP contribution < -0.4 is 5.32 Å². The summed E-state index contributed by atoms with van der Waals surface area (Å²) in [5.74, 6) is -1.13. The molecule has 6 nitrogen and oxygen atoms in total. The van der Waals surface area contributed by atoms with E-state index in [9.17, 15) is 9.59 Å². The molecule has 1 aromatic rings. The smallest absolute Gasteiger partial charge is 0.408 e. The lowest BCUT2D eigenvalue weighted by molar-refractivity contribution is -0.139. The first-order valence-electron chi connectivity index (χ1n) is 5.29. The summed E-state index contributed by atoms with van der Waals surface area (Å²) in [7, 11) is 0. The first-order chi connectivity index (χ1) is 8.63. The number of nitrogens with one attached hydrogen (secondary N) is 1. The van der Waals surface area contributed by atoms with Crippen LogP contribution in [-0.4, -0.2) is 34.8 Å². The van der Waals surface area contributed by atoms with Crippen molar-refractivity contribution >= 4 is 12.1 Å². The number of aliphatic carboxylic acids is 1. The average molecular weight is 250 g/mol. The molecule has 0 unspecified atom stereocenters. The minimum atomic E-state index is -1.13. The number of carbonyl (C=O) groups excluding carboxylic acids is 1. The van der Waals surface area contributed by atoms with Crippen molar-refractivity contribution in [3.63, 3.8) is 0 Å². The molecule has 0 radical (unpaired) electrons. The topological polar surface area (TPSA) is 88.5 Å². The predicted molar refractivity (Wildman–Crippen MR) is 64.0 cm³/mol. The number of pyridine rings is 1. The van der Waals surface area contributed by atoms with Crippen LogP contribution in [0.2, 0.25) is 0 Å². The summed E-state index contributed by atoms with van der Waals surface area (Å²) in [6, 6.07) is 2.38. The molecule has 96 valence electrons. The van der Waals surface area contributed by atoms with E-state index in [-0.39, 0.29) is 13.0 Å². The van der Waals surface area contributed by atoms with Crippen LogP contribution in [0.4, 0.5) is 4.79 Å². The Morgan fingerprint density at radius 2 is 2.39 bits per heavy atom. The van der Waals surface area contributed by atoms with Crippen molar-refractivity contribution in [3.05, 3.63) is 42.7 Å². The second-order valence-electron chi connectivity index (χ2n) is 3.49. The standard InChI is InChI=1S/C12H14N2O4/c1-2-6-18-12(17)14-10(11(15)16)7-9-4-3-5-13-8-9/h2-5,8,10H,1,6-7H2,(H,14,17)(H,15,16)/t10-/m1/s1. The van der Waals surface area contributed by atoms with Gasteiger partial charge in [0.1, 0.15) is 12.6 Å². The Hall–Kier alpha value is -2.37. The van der Waals surface area contributed by atoms with Gasteiger partial charge in [-0.15, -0.1) is 0 Å². The van der Waals surface area contributed by atoms with E-state index >= 15 is 0 Å². The highest BCUT2D eigenvalue weighted by Crippen LogP contribution is 2.02. The molecule has 0 saturated heterocycles. The third-order valence-electron chi connectivity index (χ3n) is 2.09. The van der Waals surface area contributed by atoms with E-state index in [1.807, 2.05) is 0 Å². The van der Waals surface area contributed by atoms with Crippen molar-refractivity contribution in [2.45, 2.75) is 12.5 Å². The first kappa shape index (κ1) is 13.7. The number of hydrogen-bond donors (Lipinski definition) is 2. The van der Waals surface area contributed by atoms with Gasteiger partial charge in [0.2, 0.25) is 0 Å². The van der Waals surface area contributed by atoms with E-state index in [1.165, 1.54) is 6.08 Å². The van der Waals surface area contributed by atoms with E-state index in [0.29, 0.717) is 5.56 Å². The Balaban J connectivity index is 2.58. The number of alkyl carbamates (subject to hydrolysis) is 1. The van der Waals surface area contributed by atoms with Gasteiger partial charge in [0.25, 0.3) is 0 Å². The van der Waals surface area contributed by atoms with Crippen LogP contribution in [-0.2, 0) is 16.0 Å². The molecule has 6 heteroatoms. The number of ether oxygens (including phenoxy) is 1. The Bertz CT molecular complexity index is 419. The minimum Gasteiger partial charge on any atom is -0.480 e. The average Bonchev–Trinajstić information content (AvgIpc) is 2.36. The van der Waals surface area contributed by atoms with Crippen LogP contribution in [0, 0.1) is 0 Å². The molecule has 0 saturated carbocycles. The van der Waals surface area contributed by atoms with Crippen LogP contribution in [0.15, 0.2) is 37.2 Å². The second kappa shape index (κ2) is 7.05. The third-order valence-corrected chi connectivity index (χ3v) is 2.09. The van der Waals surface area contributed by atoms with Gasteiger partial charge in [0, 0.05) is 18.8 Å². The summed E-state index contributed by atoms with van der Waals surface area (Å²) in [6.07, 6.45) is 3.90. The third kappa shape index (κ3) is 4.65. The first-order valence-corrected chi connectivity index (χ1v) is 5.29. The van der Waals surface area contributed by atoms with E-state index in [1.54, 1.807) is 24.5 Å². The molecule has 0 fully saturated rings. The van der Waals surface area contributed by atoms with Crippen molar-refractivity contribution in [3.8, 4) is 0 Å². The van der Waals surface area contributed by atoms with Gasteiger partial charge < -0.3 is 15.2 Å². The summed E-state index contributed by atoms with van der Waals surface area (Å²) < 4.78 is 4.66. The van der Waals surface area contributed by atoms with Crippen molar-refractivity contribution < 1.29 is 19.4 Å². The number of carboxylic acids is 1. The monoisotopic (exact) mass is 250 g/mol. The number of hydrogen-bond acceptors (Lipinski definition) is 4. The van der Waals surface area contributed by atoms with E-state index < -0.39 is 18.1 Å². The highest BCUT2D eigenvalue weighted by Gasteiger charge is 2.20. The van der Waals surface area contributed by atoms with E-state index in [0.717, 1.165) is 0 Å². The highest BCUT2D eigenvalue weighted by molar-refractivity contribution is 5.80. The lowest BCUT2D eigenvalue weighted by atomic mass is 10.1. The van der Waals surface area contributed by atoms with Crippen molar-refractivity contribution in [2.24, 2.45) is 0 Å². The molecule has 2 N–H and O–H groups in total. The van der Waals surface area contributed by atoms with Crippen LogP contribution in [0.3, 0.4) is 0 Å². The lowest BCUT2D eigenvalue weighted by Gasteiger charge is -2.13. The highest BCUT2D eigenvalue weighted by atomic mass is 16.5. The zero-order valence-corrected chi connectivity index (χ0v) is 9.70. The van der Waals surface area contributed by atoms with Crippen LogP contribution in [0.5, 0.6) is 0 Å². The minimum absolute atomic E-state index is 0.0328. The molecule has 18 heavy (non-hydrogen) atoms. The van der Waals surface area contributed by atoms with Gasteiger partial charge in [0.05, 0.1) is 0 Å². The largest absolute Gasteiger partial charge is 0.480 e. The molecule has 0 bridgehead atoms. The molecule has 1 rings (SSSR count). The molecule has 1 atom stereocenters. The molecule has 1 amide bonds. The zero-order chi connectivity index (χ0) is 13.4. The maximum Gasteiger partial charge on any atom is 0.408 e. The molecule has 0 spiro atoms. The van der Waals surface area contributed by atoms with Gasteiger partial charge in [0.15, 0.2) is 0 Å². The molecule has 0 aliphatic carbocycles. The van der Waals surface area contributed by atoms with Crippen LogP contribution in [0.25, 0.3) is 0 Å². The normalized spacial score (nSPS) is 11.3. The number of amides is 1. The number of aromatic nitrogens is 1. The molecule has 0 aromatic carbocycles. The number of carbonyl (C=O) groups is 2. The van der Waals surface area contributed by atoms with E-state index in [2.05, 4.69) is 21.6 Å².